The molecule has 1 amide bonds. The number of carbonyl (C=O) groups is 4. The number of carbonyl (C=O) groups excluding carboxylic acids is 4. The third kappa shape index (κ3) is 8.11. The van der Waals surface area contributed by atoms with E-state index >= 15 is 4.39 Å². The van der Waals surface area contributed by atoms with E-state index < -0.39 is 29.8 Å². The van der Waals surface area contributed by atoms with E-state index in [4.69, 9.17) is 15.2 Å². The van der Waals surface area contributed by atoms with Gasteiger partial charge in [0.05, 0.1) is 55.8 Å². The second kappa shape index (κ2) is 12.8. The number of hydrogen-bond donors (Lipinski definition) is 1. The largest absolute Gasteiger partial charge is 0.462 e. The minimum absolute atomic E-state index is 0.0115. The summed E-state index contributed by atoms with van der Waals surface area (Å²) in [7, 11) is 5.87. The first-order valence-electron chi connectivity index (χ1n) is 15.3. The molecule has 1 aromatic heterocycles. The number of rotatable bonds is 10. The normalized spacial score (nSPS) is 20.5. The Labute approximate surface area is 258 Å². The number of esters is 2. The van der Waals surface area contributed by atoms with Gasteiger partial charge in [-0.2, -0.15) is 5.10 Å². The van der Waals surface area contributed by atoms with E-state index in [0.29, 0.717) is 78.5 Å². The van der Waals surface area contributed by atoms with Crippen LogP contribution in [0.5, 0.6) is 0 Å². The van der Waals surface area contributed by atoms with Crippen molar-refractivity contribution in [1.82, 2.24) is 9.78 Å². The molecule has 0 bridgehead atoms. The van der Waals surface area contributed by atoms with Crippen LogP contribution < -0.4 is 5.73 Å². The number of quaternary nitrogens is 1. The SMILES string of the molecule is CC(=O)OC(CC(=O)OC1CCC(Cc2cc(-n3nc(C)c4c3CC(C)(C)CC4=O)cc(F)c2C(N)=O)CC1)C[N+](C)(C)C. The Balaban J connectivity index is 1.47. The molecule has 11 heteroatoms. The molecule has 0 radical (unpaired) electrons. The molecule has 1 atom stereocenters. The molecule has 240 valence electrons. The highest BCUT2D eigenvalue weighted by Gasteiger charge is 2.36. The predicted molar refractivity (Wildman–Crippen MR) is 162 cm³/mol. The maximum atomic E-state index is 15.5. The summed E-state index contributed by atoms with van der Waals surface area (Å²) in [5.74, 6) is -2.24. The zero-order valence-corrected chi connectivity index (χ0v) is 27.0. The molecule has 0 spiro atoms. The number of Topliss-reactive ketones (excluding diaryl/α,β-unsaturated/α-hetero) is 1. The second-order valence-corrected chi connectivity index (χ2v) is 14.3. The number of nitrogens with two attached hydrogens (primary N) is 1. The van der Waals surface area contributed by atoms with Crippen LogP contribution in [0.25, 0.3) is 5.69 Å². The molecule has 4 rings (SSSR count). The van der Waals surface area contributed by atoms with Gasteiger partial charge in [0.15, 0.2) is 11.9 Å². The fourth-order valence-corrected chi connectivity index (χ4v) is 6.73. The zero-order chi connectivity index (χ0) is 32.6. The molecule has 2 aliphatic carbocycles. The lowest BCUT2D eigenvalue weighted by Crippen LogP contribution is -2.44. The van der Waals surface area contributed by atoms with Crippen LogP contribution in [0.2, 0.25) is 0 Å². The number of aromatic nitrogens is 2. The lowest BCUT2D eigenvalue weighted by Gasteiger charge is -2.31. The molecule has 2 aromatic rings. The Morgan fingerprint density at radius 2 is 1.80 bits per heavy atom. The molecule has 0 aliphatic heterocycles. The van der Waals surface area contributed by atoms with Crippen LogP contribution in [0.15, 0.2) is 12.1 Å². The molecule has 1 saturated carbocycles. The number of halogens is 1. The molecular formula is C33H46FN4O6+. The van der Waals surface area contributed by atoms with Crippen molar-refractivity contribution in [2.24, 2.45) is 17.1 Å². The molecule has 1 unspecified atom stereocenters. The summed E-state index contributed by atoms with van der Waals surface area (Å²) in [4.78, 5) is 49.5. The maximum Gasteiger partial charge on any atom is 0.310 e. The van der Waals surface area contributed by atoms with Crippen molar-refractivity contribution in [3.8, 4) is 5.69 Å². The summed E-state index contributed by atoms with van der Waals surface area (Å²) in [6.45, 7) is 7.64. The number of likely N-dealkylation sites (N-methyl/N-ethyl adjacent to an activating group) is 1. The molecule has 1 heterocycles. The van der Waals surface area contributed by atoms with Crippen molar-refractivity contribution < 1.29 is 37.5 Å². The van der Waals surface area contributed by atoms with Crippen LogP contribution in [-0.4, -0.2) is 77.8 Å². The van der Waals surface area contributed by atoms with Crippen molar-refractivity contribution in [1.29, 1.82) is 0 Å². The molecule has 0 saturated heterocycles. The smallest absolute Gasteiger partial charge is 0.310 e. The first-order chi connectivity index (χ1) is 20.4. The van der Waals surface area contributed by atoms with Crippen molar-refractivity contribution in [3.05, 3.63) is 46.0 Å². The number of nitrogens with zero attached hydrogens (tertiary/aromatic N) is 3. The Hall–Kier alpha value is -3.60. The van der Waals surface area contributed by atoms with Crippen LogP contribution >= 0.6 is 0 Å². The van der Waals surface area contributed by atoms with Gasteiger partial charge in [-0.05, 0) is 68.4 Å². The van der Waals surface area contributed by atoms with Crippen LogP contribution in [0.4, 0.5) is 4.39 Å². The number of hydrogen-bond acceptors (Lipinski definition) is 7. The fraction of sp³-hybridized carbons (Fsp3) is 0.606. The number of fused-ring (bicyclic) bond motifs is 1. The third-order valence-electron chi connectivity index (χ3n) is 8.45. The summed E-state index contributed by atoms with van der Waals surface area (Å²) in [6.07, 6.45) is 3.30. The van der Waals surface area contributed by atoms with E-state index in [-0.39, 0.29) is 35.2 Å². The number of ketones is 1. The summed E-state index contributed by atoms with van der Waals surface area (Å²) in [6, 6.07) is 3.03. The summed E-state index contributed by atoms with van der Waals surface area (Å²) < 4.78 is 28.7. The highest BCUT2D eigenvalue weighted by Crippen LogP contribution is 2.38. The molecule has 1 aromatic carbocycles. The average molecular weight is 614 g/mol. The van der Waals surface area contributed by atoms with E-state index in [2.05, 4.69) is 5.10 Å². The van der Waals surface area contributed by atoms with Crippen molar-refractivity contribution >= 4 is 23.6 Å². The Kier molecular flexibility index (Phi) is 9.68. The lowest BCUT2D eigenvalue weighted by molar-refractivity contribution is -0.873. The highest BCUT2D eigenvalue weighted by molar-refractivity contribution is 6.00. The summed E-state index contributed by atoms with van der Waals surface area (Å²) in [5.41, 5.74) is 8.14. The van der Waals surface area contributed by atoms with E-state index in [1.165, 1.54) is 13.0 Å². The van der Waals surface area contributed by atoms with Crippen LogP contribution in [0, 0.1) is 24.1 Å². The lowest BCUT2D eigenvalue weighted by atomic mass is 9.75. The number of aryl methyl sites for hydroxylation is 1. The van der Waals surface area contributed by atoms with Crippen LogP contribution in [0.1, 0.15) is 97.0 Å². The molecule has 2 aliphatic rings. The maximum absolute atomic E-state index is 15.5. The van der Waals surface area contributed by atoms with Gasteiger partial charge < -0.3 is 19.7 Å². The number of ether oxygens (including phenoxy) is 2. The molecule has 44 heavy (non-hydrogen) atoms. The van der Waals surface area contributed by atoms with Crippen LogP contribution in [-0.2, 0) is 31.9 Å². The molecule has 10 nitrogen and oxygen atoms in total. The molecular weight excluding hydrogens is 567 g/mol. The van der Waals surface area contributed by atoms with Gasteiger partial charge in [-0.3, -0.25) is 19.2 Å². The average Bonchev–Trinajstić information content (AvgIpc) is 3.18. The van der Waals surface area contributed by atoms with E-state index in [1.807, 2.05) is 35.0 Å². The summed E-state index contributed by atoms with van der Waals surface area (Å²) >= 11 is 0. The first-order valence-corrected chi connectivity index (χ1v) is 15.3. The topological polar surface area (TPSA) is 131 Å². The van der Waals surface area contributed by atoms with Crippen molar-refractivity contribution in [2.75, 3.05) is 27.7 Å². The van der Waals surface area contributed by atoms with E-state index in [9.17, 15) is 19.2 Å². The molecule has 2 N–H and O–H groups in total. The quantitative estimate of drug-likeness (QED) is 0.313. The van der Waals surface area contributed by atoms with Gasteiger partial charge >= 0.3 is 11.9 Å². The predicted octanol–water partition coefficient (Wildman–Crippen LogP) is 4.25. The Morgan fingerprint density at radius 1 is 1.14 bits per heavy atom. The Morgan fingerprint density at radius 3 is 2.39 bits per heavy atom. The minimum atomic E-state index is -0.835. The van der Waals surface area contributed by atoms with Gasteiger partial charge in [-0.15, -0.1) is 0 Å². The van der Waals surface area contributed by atoms with Crippen molar-refractivity contribution in [2.45, 2.75) is 91.3 Å². The van der Waals surface area contributed by atoms with Crippen molar-refractivity contribution in [3.63, 3.8) is 0 Å². The monoisotopic (exact) mass is 613 g/mol. The number of amides is 1. The second-order valence-electron chi connectivity index (χ2n) is 14.3. The fourth-order valence-electron chi connectivity index (χ4n) is 6.73. The highest BCUT2D eigenvalue weighted by atomic mass is 19.1. The van der Waals surface area contributed by atoms with E-state index in [0.717, 1.165) is 5.69 Å². The molecule has 1 fully saturated rings. The van der Waals surface area contributed by atoms with Crippen LogP contribution in [0.3, 0.4) is 0 Å². The minimum Gasteiger partial charge on any atom is -0.462 e. The number of primary amides is 1. The summed E-state index contributed by atoms with van der Waals surface area (Å²) in [5, 5.41) is 4.61. The third-order valence-corrected chi connectivity index (χ3v) is 8.45. The van der Waals surface area contributed by atoms with Gasteiger partial charge in [0.25, 0.3) is 5.91 Å². The standard InChI is InChI=1S/C33H45FN4O6/c1-19-30-27(16-33(3,4)17-28(30)40)37(36-19)23-13-22(31(32(35)42)26(34)14-23)12-21-8-10-24(11-9-21)44-29(41)15-25(43-20(2)39)18-38(5,6)7/h13-14,21,24-25H,8-12,15-18H2,1-7H3,(H-,35,42)/p+1. The zero-order valence-electron chi connectivity index (χ0n) is 27.0. The van der Waals surface area contributed by atoms with Gasteiger partial charge in [-0.1, -0.05) is 13.8 Å². The van der Waals surface area contributed by atoms with Gasteiger partial charge in [0, 0.05) is 19.4 Å². The van der Waals surface area contributed by atoms with Gasteiger partial charge in [0.1, 0.15) is 18.5 Å². The van der Waals surface area contributed by atoms with Gasteiger partial charge in [0.2, 0.25) is 0 Å². The first kappa shape index (κ1) is 33.3. The Bertz CT molecular complexity index is 1450. The number of benzene rings is 1. The van der Waals surface area contributed by atoms with Gasteiger partial charge in [-0.25, -0.2) is 9.07 Å². The van der Waals surface area contributed by atoms with E-state index in [1.54, 1.807) is 17.7 Å².